The van der Waals surface area contributed by atoms with Crippen LogP contribution in [0.5, 0.6) is 0 Å². The van der Waals surface area contributed by atoms with E-state index >= 15 is 0 Å². The molecule has 0 aliphatic carbocycles. The Morgan fingerprint density at radius 1 is 1.47 bits per heavy atom. The fourth-order valence-electron chi connectivity index (χ4n) is 1.61. The van der Waals surface area contributed by atoms with Crippen molar-refractivity contribution in [1.82, 2.24) is 0 Å². The summed E-state index contributed by atoms with van der Waals surface area (Å²) >= 11 is 0. The molecule has 0 aromatic heterocycles. The maximum atomic E-state index is 11.5. The van der Waals surface area contributed by atoms with Crippen molar-refractivity contribution < 1.29 is 9.53 Å². The molecule has 1 atom stereocenters. The number of para-hydroxylation sites is 1. The second-order valence-electron chi connectivity index (χ2n) is 4.05. The van der Waals surface area contributed by atoms with Crippen LogP contribution < -0.4 is 0 Å². The Morgan fingerprint density at radius 2 is 2.18 bits per heavy atom. The van der Waals surface area contributed by atoms with Crippen molar-refractivity contribution in [2.75, 3.05) is 7.11 Å². The standard InChI is InChI=1S/C14H19NO2/c1-4-7-11(2)10-15-13-9-6-5-8-12(13)14(16)17-3/h5-6,8-11H,4,7H2,1-3H3/t11-/m1/s1. The summed E-state index contributed by atoms with van der Waals surface area (Å²) in [5, 5.41) is 0. The molecule has 0 unspecified atom stereocenters. The van der Waals surface area contributed by atoms with E-state index in [0.29, 0.717) is 17.2 Å². The molecule has 92 valence electrons. The number of hydrogen-bond acceptors (Lipinski definition) is 3. The molecule has 0 aliphatic rings. The van der Waals surface area contributed by atoms with Gasteiger partial charge in [0, 0.05) is 6.21 Å². The fraction of sp³-hybridized carbons (Fsp3) is 0.429. The highest BCUT2D eigenvalue weighted by Gasteiger charge is 2.09. The first kappa shape index (κ1) is 13.4. The van der Waals surface area contributed by atoms with Crippen LogP contribution in [0.15, 0.2) is 29.3 Å². The third-order valence-electron chi connectivity index (χ3n) is 2.52. The molecule has 1 aromatic rings. The molecule has 17 heavy (non-hydrogen) atoms. The van der Waals surface area contributed by atoms with Crippen molar-refractivity contribution >= 4 is 17.9 Å². The van der Waals surface area contributed by atoms with Gasteiger partial charge in [0.05, 0.1) is 18.4 Å². The Kier molecular flexibility index (Phi) is 5.40. The van der Waals surface area contributed by atoms with Gasteiger partial charge in [0.2, 0.25) is 0 Å². The van der Waals surface area contributed by atoms with Crippen molar-refractivity contribution in [3.05, 3.63) is 29.8 Å². The topological polar surface area (TPSA) is 38.7 Å². The van der Waals surface area contributed by atoms with Crippen molar-refractivity contribution in [3.63, 3.8) is 0 Å². The number of esters is 1. The van der Waals surface area contributed by atoms with E-state index in [-0.39, 0.29) is 5.97 Å². The molecule has 0 spiro atoms. The highest BCUT2D eigenvalue weighted by atomic mass is 16.5. The number of hydrogen-bond donors (Lipinski definition) is 0. The predicted molar refractivity (Wildman–Crippen MR) is 70.0 cm³/mol. The van der Waals surface area contributed by atoms with Crippen molar-refractivity contribution in [1.29, 1.82) is 0 Å². The summed E-state index contributed by atoms with van der Waals surface area (Å²) < 4.78 is 4.72. The minimum atomic E-state index is -0.346. The lowest BCUT2D eigenvalue weighted by atomic mass is 10.1. The van der Waals surface area contributed by atoms with Crippen molar-refractivity contribution in [2.24, 2.45) is 10.9 Å². The molecule has 0 saturated heterocycles. The van der Waals surface area contributed by atoms with E-state index in [0.717, 1.165) is 12.8 Å². The Morgan fingerprint density at radius 3 is 2.82 bits per heavy atom. The van der Waals surface area contributed by atoms with Gasteiger partial charge >= 0.3 is 5.97 Å². The average Bonchev–Trinajstić information content (AvgIpc) is 2.36. The van der Waals surface area contributed by atoms with Gasteiger partial charge in [-0.25, -0.2) is 4.79 Å². The molecule has 0 heterocycles. The summed E-state index contributed by atoms with van der Waals surface area (Å²) in [6, 6.07) is 7.22. The van der Waals surface area contributed by atoms with Crippen LogP contribution in [0.1, 0.15) is 37.0 Å². The summed E-state index contributed by atoms with van der Waals surface area (Å²) in [6.45, 7) is 4.26. The molecule has 3 heteroatoms. The number of methoxy groups -OCH3 is 1. The van der Waals surface area contributed by atoms with Crippen LogP contribution in [0.4, 0.5) is 5.69 Å². The number of carbonyl (C=O) groups is 1. The largest absolute Gasteiger partial charge is 0.465 e. The molecular weight excluding hydrogens is 214 g/mol. The smallest absolute Gasteiger partial charge is 0.340 e. The molecule has 0 radical (unpaired) electrons. The third kappa shape index (κ3) is 4.02. The molecule has 0 aliphatic heterocycles. The fourth-order valence-corrected chi connectivity index (χ4v) is 1.61. The van der Waals surface area contributed by atoms with Crippen LogP contribution >= 0.6 is 0 Å². The monoisotopic (exact) mass is 233 g/mol. The first-order valence-corrected chi connectivity index (χ1v) is 5.90. The van der Waals surface area contributed by atoms with E-state index in [1.807, 2.05) is 18.3 Å². The number of ether oxygens (including phenoxy) is 1. The Hall–Kier alpha value is -1.64. The molecule has 1 rings (SSSR count). The van der Waals surface area contributed by atoms with E-state index < -0.39 is 0 Å². The number of benzene rings is 1. The first-order chi connectivity index (χ1) is 8.19. The van der Waals surface area contributed by atoms with Crippen LogP contribution in [-0.4, -0.2) is 19.3 Å². The van der Waals surface area contributed by atoms with E-state index in [1.165, 1.54) is 7.11 Å². The van der Waals surface area contributed by atoms with E-state index in [2.05, 4.69) is 18.8 Å². The van der Waals surface area contributed by atoms with E-state index in [4.69, 9.17) is 4.74 Å². The molecule has 0 fully saturated rings. The Bertz CT molecular complexity index is 399. The Balaban J connectivity index is 2.87. The number of aliphatic imine (C=N–C) groups is 1. The number of rotatable bonds is 5. The van der Waals surface area contributed by atoms with Crippen molar-refractivity contribution in [3.8, 4) is 0 Å². The summed E-state index contributed by atoms with van der Waals surface area (Å²) in [4.78, 5) is 15.9. The van der Waals surface area contributed by atoms with Crippen LogP contribution in [0, 0.1) is 5.92 Å². The zero-order valence-electron chi connectivity index (χ0n) is 10.6. The lowest BCUT2D eigenvalue weighted by Gasteiger charge is -2.05. The van der Waals surface area contributed by atoms with Gasteiger partial charge in [0.15, 0.2) is 0 Å². The van der Waals surface area contributed by atoms with Crippen molar-refractivity contribution in [2.45, 2.75) is 26.7 Å². The number of carbonyl (C=O) groups excluding carboxylic acids is 1. The Labute approximate surface area is 103 Å². The van der Waals surface area contributed by atoms with Gasteiger partial charge in [-0.1, -0.05) is 32.4 Å². The lowest BCUT2D eigenvalue weighted by Crippen LogP contribution is -2.01. The normalized spacial score (nSPS) is 12.6. The van der Waals surface area contributed by atoms with Gasteiger partial charge in [-0.3, -0.25) is 4.99 Å². The van der Waals surface area contributed by atoms with Crippen LogP contribution in [0.25, 0.3) is 0 Å². The average molecular weight is 233 g/mol. The maximum absolute atomic E-state index is 11.5. The second kappa shape index (κ2) is 6.84. The molecule has 0 bridgehead atoms. The van der Waals surface area contributed by atoms with Crippen LogP contribution in [0.2, 0.25) is 0 Å². The molecule has 0 saturated carbocycles. The van der Waals surface area contributed by atoms with E-state index in [9.17, 15) is 4.79 Å². The highest BCUT2D eigenvalue weighted by Crippen LogP contribution is 2.19. The highest BCUT2D eigenvalue weighted by molar-refractivity contribution is 5.95. The zero-order chi connectivity index (χ0) is 12.7. The van der Waals surface area contributed by atoms with Gasteiger partial charge in [0.25, 0.3) is 0 Å². The molecule has 1 aromatic carbocycles. The zero-order valence-corrected chi connectivity index (χ0v) is 10.6. The number of nitrogens with zero attached hydrogens (tertiary/aromatic N) is 1. The van der Waals surface area contributed by atoms with Gasteiger partial charge in [-0.15, -0.1) is 0 Å². The SMILES string of the molecule is CCC[C@@H](C)C=Nc1ccccc1C(=O)OC. The predicted octanol–water partition coefficient (Wildman–Crippen LogP) is 3.61. The molecule has 0 N–H and O–H groups in total. The summed E-state index contributed by atoms with van der Waals surface area (Å²) in [5.41, 5.74) is 1.18. The quantitative estimate of drug-likeness (QED) is 0.575. The van der Waals surface area contributed by atoms with Gasteiger partial charge in [-0.2, -0.15) is 0 Å². The van der Waals surface area contributed by atoms with Gasteiger partial charge in [-0.05, 0) is 24.5 Å². The minimum absolute atomic E-state index is 0.346. The second-order valence-corrected chi connectivity index (χ2v) is 4.05. The summed E-state index contributed by atoms with van der Waals surface area (Å²) in [7, 11) is 1.38. The molecule has 3 nitrogen and oxygen atoms in total. The van der Waals surface area contributed by atoms with Gasteiger partial charge in [0.1, 0.15) is 0 Å². The summed E-state index contributed by atoms with van der Waals surface area (Å²) in [5.74, 6) is 0.0756. The van der Waals surface area contributed by atoms with Crippen LogP contribution in [0.3, 0.4) is 0 Å². The van der Waals surface area contributed by atoms with E-state index in [1.54, 1.807) is 12.1 Å². The molecule has 0 amide bonds. The van der Waals surface area contributed by atoms with Gasteiger partial charge < -0.3 is 4.74 Å². The van der Waals surface area contributed by atoms with Crippen LogP contribution in [-0.2, 0) is 4.74 Å². The summed E-state index contributed by atoms with van der Waals surface area (Å²) in [6.07, 6.45) is 4.13. The minimum Gasteiger partial charge on any atom is -0.465 e. The first-order valence-electron chi connectivity index (χ1n) is 5.90. The molecular formula is C14H19NO2. The third-order valence-corrected chi connectivity index (χ3v) is 2.52. The lowest BCUT2D eigenvalue weighted by molar-refractivity contribution is 0.0601. The maximum Gasteiger partial charge on any atom is 0.340 e.